The van der Waals surface area contributed by atoms with Crippen molar-refractivity contribution in [2.75, 3.05) is 48.5 Å². The summed E-state index contributed by atoms with van der Waals surface area (Å²) in [4.78, 5) is 7.56. The van der Waals surface area contributed by atoms with Crippen LogP contribution in [0.15, 0.2) is 47.5 Å². The van der Waals surface area contributed by atoms with E-state index >= 15 is 0 Å². The van der Waals surface area contributed by atoms with E-state index in [1.54, 1.807) is 4.68 Å². The fourth-order valence-electron chi connectivity index (χ4n) is 4.17. The second-order valence-corrected chi connectivity index (χ2v) is 9.65. The number of pyridine rings is 1. The van der Waals surface area contributed by atoms with Crippen LogP contribution in [0.1, 0.15) is 17.8 Å². The molecule has 0 aliphatic carbocycles. The van der Waals surface area contributed by atoms with Crippen molar-refractivity contribution in [3.05, 3.63) is 54.0 Å². The molecule has 0 saturated carbocycles. The Bertz CT molecular complexity index is 1110. The smallest absolute Gasteiger partial charge is 0.153 e. The Morgan fingerprint density at radius 2 is 1.85 bits per heavy atom. The summed E-state index contributed by atoms with van der Waals surface area (Å²) in [6.45, 7) is 8.26. The van der Waals surface area contributed by atoms with E-state index in [0.717, 1.165) is 65.1 Å². The highest BCUT2D eigenvalue weighted by molar-refractivity contribution is 7.86. The number of anilines is 2. The molecule has 3 heterocycles. The molecule has 176 valence electrons. The van der Waals surface area contributed by atoms with Crippen LogP contribution < -0.4 is 14.5 Å². The second-order valence-electron chi connectivity index (χ2n) is 8.24. The Kier molecular flexibility index (Phi) is 7.42. The largest absolute Gasteiger partial charge is 0.396 e. The monoisotopic (exact) mass is 468 g/mol. The van der Waals surface area contributed by atoms with Gasteiger partial charge in [0.1, 0.15) is 5.82 Å². The molecule has 33 heavy (non-hydrogen) atoms. The third-order valence-electron chi connectivity index (χ3n) is 6.02. The average molecular weight is 469 g/mol. The Morgan fingerprint density at radius 3 is 2.48 bits per heavy atom. The summed E-state index contributed by atoms with van der Waals surface area (Å²) in [5.74, 6) is 0.986. The van der Waals surface area contributed by atoms with Gasteiger partial charge in [-0.2, -0.15) is 5.10 Å². The Labute approximate surface area is 197 Å². The van der Waals surface area contributed by atoms with Gasteiger partial charge in [0.25, 0.3) is 0 Å². The zero-order chi connectivity index (χ0) is 23.4. The lowest BCUT2D eigenvalue weighted by Crippen LogP contribution is -2.43. The minimum Gasteiger partial charge on any atom is -0.396 e. The van der Waals surface area contributed by atoms with Crippen LogP contribution >= 0.6 is 0 Å². The predicted octanol–water partition coefficient (Wildman–Crippen LogP) is 2.42. The topological polar surface area (TPSA) is 86.5 Å². The molecule has 1 unspecified atom stereocenters. The van der Waals surface area contributed by atoms with Gasteiger partial charge in [-0.05, 0) is 55.7 Å². The molecule has 2 N–H and O–H groups in total. The summed E-state index contributed by atoms with van der Waals surface area (Å²) in [5, 5.41) is 17.2. The average Bonchev–Trinajstić information content (AvgIpc) is 3.11. The first kappa shape index (κ1) is 23.4. The van der Waals surface area contributed by atoms with E-state index in [1.165, 1.54) is 0 Å². The summed E-state index contributed by atoms with van der Waals surface area (Å²) in [7, 11) is 0.474. The Balaban J connectivity index is 1.58. The highest BCUT2D eigenvalue weighted by Crippen LogP contribution is 2.29. The maximum Gasteiger partial charge on any atom is 0.153 e. The number of piperazine rings is 1. The molecule has 1 fully saturated rings. The number of nitrogens with one attached hydrogen (secondary N) is 1. The molecule has 0 spiro atoms. The fraction of sp³-hybridized carbons (Fsp3) is 0.417. The van der Waals surface area contributed by atoms with E-state index in [0.29, 0.717) is 13.0 Å². The third kappa shape index (κ3) is 5.10. The summed E-state index contributed by atoms with van der Waals surface area (Å²) in [6, 6.07) is 12.0. The molecule has 4 rings (SSSR count). The Hall–Kier alpha value is -2.75. The van der Waals surface area contributed by atoms with Crippen LogP contribution in [0.5, 0.6) is 0 Å². The van der Waals surface area contributed by atoms with Crippen LogP contribution in [0.2, 0.25) is 0 Å². The molecule has 3 aromatic rings. The first-order valence-corrected chi connectivity index (χ1v) is 12.4. The molecule has 1 aromatic carbocycles. The van der Waals surface area contributed by atoms with E-state index in [4.69, 9.17) is 0 Å². The fourth-order valence-corrected chi connectivity index (χ4v) is 5.52. The van der Waals surface area contributed by atoms with Gasteiger partial charge in [-0.3, -0.25) is 8.99 Å². The maximum absolute atomic E-state index is 13.6. The van der Waals surface area contributed by atoms with Gasteiger partial charge >= 0.3 is 0 Å². The van der Waals surface area contributed by atoms with Gasteiger partial charge < -0.3 is 15.3 Å². The number of aliphatic hydroxyl groups excluding tert-OH is 1. The molecule has 8 nitrogen and oxygen atoms in total. The van der Waals surface area contributed by atoms with E-state index in [-0.39, 0.29) is 6.61 Å². The minimum atomic E-state index is -1.41. The number of aromatic nitrogens is 3. The van der Waals surface area contributed by atoms with Gasteiger partial charge in [-0.1, -0.05) is 12.1 Å². The lowest BCUT2D eigenvalue weighted by molar-refractivity contribution is 0.291. The van der Waals surface area contributed by atoms with E-state index in [2.05, 4.69) is 26.4 Å². The van der Waals surface area contributed by atoms with Crippen molar-refractivity contribution in [3.8, 4) is 11.1 Å². The molecular formula is C24H32N6O2S. The molecule has 1 aliphatic heterocycles. The third-order valence-corrected chi connectivity index (χ3v) is 7.46. The van der Waals surface area contributed by atoms with Crippen molar-refractivity contribution in [3.63, 3.8) is 0 Å². The molecule has 0 radical (unpaired) electrons. The first-order chi connectivity index (χ1) is 16.0. The van der Waals surface area contributed by atoms with Crippen LogP contribution in [-0.4, -0.2) is 63.4 Å². The van der Waals surface area contributed by atoms with Crippen molar-refractivity contribution < 1.29 is 9.32 Å². The standard InChI is InChI=1S/C24H32N6O2S/c1-18-24(19(2)28(3)27-18)30(13-4-16-31)33(32)22-7-5-20(6-8-22)21-9-10-26-23(17-21)29-14-11-25-12-15-29/h5-10,17,25,31H,4,11-16H2,1-3H3. The van der Waals surface area contributed by atoms with Gasteiger partial charge in [0.05, 0.1) is 22.0 Å². The quantitative estimate of drug-likeness (QED) is 0.528. The lowest BCUT2D eigenvalue weighted by Gasteiger charge is -2.28. The van der Waals surface area contributed by atoms with Crippen LogP contribution in [0.25, 0.3) is 11.1 Å². The SMILES string of the molecule is Cc1nn(C)c(C)c1N(CCCO)S(=O)c1ccc(-c2ccnc(N3CCNCC3)c2)cc1. The van der Waals surface area contributed by atoms with Crippen LogP contribution in [0.3, 0.4) is 0 Å². The second kappa shape index (κ2) is 10.5. The summed E-state index contributed by atoms with van der Waals surface area (Å²) in [5.41, 5.74) is 4.79. The van der Waals surface area contributed by atoms with E-state index < -0.39 is 11.0 Å². The molecule has 9 heteroatoms. The zero-order valence-corrected chi connectivity index (χ0v) is 20.3. The van der Waals surface area contributed by atoms with Gasteiger partial charge in [-0.25, -0.2) is 9.19 Å². The van der Waals surface area contributed by atoms with Gasteiger partial charge in [-0.15, -0.1) is 0 Å². The predicted molar refractivity (Wildman–Crippen MR) is 133 cm³/mol. The van der Waals surface area contributed by atoms with E-state index in [9.17, 15) is 9.32 Å². The molecule has 2 aromatic heterocycles. The van der Waals surface area contributed by atoms with E-state index in [1.807, 2.05) is 61.7 Å². The number of rotatable bonds is 8. The van der Waals surface area contributed by atoms with Crippen molar-refractivity contribution in [2.24, 2.45) is 7.05 Å². The number of nitrogens with zero attached hydrogens (tertiary/aromatic N) is 5. The molecule has 1 aliphatic rings. The zero-order valence-electron chi connectivity index (χ0n) is 19.5. The summed E-state index contributed by atoms with van der Waals surface area (Å²) in [6.07, 6.45) is 2.38. The maximum atomic E-state index is 13.6. The Morgan fingerprint density at radius 1 is 1.12 bits per heavy atom. The molecule has 0 amide bonds. The van der Waals surface area contributed by atoms with Crippen molar-refractivity contribution >= 4 is 22.5 Å². The molecular weight excluding hydrogens is 436 g/mol. The lowest BCUT2D eigenvalue weighted by atomic mass is 10.1. The van der Waals surface area contributed by atoms with Crippen molar-refractivity contribution in [1.82, 2.24) is 20.1 Å². The van der Waals surface area contributed by atoms with Crippen LogP contribution in [0, 0.1) is 13.8 Å². The minimum absolute atomic E-state index is 0.0441. The highest BCUT2D eigenvalue weighted by Gasteiger charge is 2.23. The van der Waals surface area contributed by atoms with Crippen LogP contribution in [-0.2, 0) is 18.0 Å². The number of aliphatic hydroxyl groups is 1. The van der Waals surface area contributed by atoms with Crippen LogP contribution in [0.4, 0.5) is 11.5 Å². The van der Waals surface area contributed by atoms with Gasteiger partial charge in [0.2, 0.25) is 0 Å². The molecule has 1 saturated heterocycles. The van der Waals surface area contributed by atoms with Gasteiger partial charge in [0, 0.05) is 52.6 Å². The number of aryl methyl sites for hydroxylation is 2. The molecule has 0 bridgehead atoms. The first-order valence-electron chi connectivity index (χ1n) is 11.3. The van der Waals surface area contributed by atoms with Crippen molar-refractivity contribution in [1.29, 1.82) is 0 Å². The number of hydrogen-bond acceptors (Lipinski definition) is 6. The number of benzene rings is 1. The number of hydrogen-bond donors (Lipinski definition) is 2. The molecule has 1 atom stereocenters. The highest BCUT2D eigenvalue weighted by atomic mass is 32.2. The summed E-state index contributed by atoms with van der Waals surface area (Å²) < 4.78 is 17.2. The van der Waals surface area contributed by atoms with Crippen molar-refractivity contribution in [2.45, 2.75) is 25.2 Å². The van der Waals surface area contributed by atoms with Gasteiger partial charge in [0.15, 0.2) is 11.0 Å². The summed E-state index contributed by atoms with van der Waals surface area (Å²) >= 11 is 0. The normalized spacial score (nSPS) is 15.0.